The average Bonchev–Trinajstić information content (AvgIpc) is 2.34. The van der Waals surface area contributed by atoms with Gasteiger partial charge in [-0.25, -0.2) is 4.39 Å². The van der Waals surface area contributed by atoms with Gasteiger partial charge in [-0.05, 0) is 37.1 Å². The minimum Gasteiger partial charge on any atom is -0.330 e. The molecule has 1 aromatic carbocycles. The van der Waals surface area contributed by atoms with Crippen LogP contribution in [0, 0.1) is 11.7 Å². The lowest BCUT2D eigenvalue weighted by molar-refractivity contribution is -0.140. The summed E-state index contributed by atoms with van der Waals surface area (Å²) >= 11 is 0. The number of Topliss-reactive ketones (excluding diaryl/α,β-unsaturated/α-hetero) is 1. The zero-order valence-corrected chi connectivity index (χ0v) is 10.4. The van der Waals surface area contributed by atoms with Crippen LogP contribution in [0.25, 0.3) is 0 Å². The highest BCUT2D eigenvalue weighted by Gasteiger charge is 2.34. The second kappa shape index (κ2) is 6.14. The Morgan fingerprint density at radius 2 is 2.00 bits per heavy atom. The number of halogens is 4. The highest BCUT2D eigenvalue weighted by Crippen LogP contribution is 2.32. The summed E-state index contributed by atoms with van der Waals surface area (Å²) in [7, 11) is 0. The second-order valence-electron chi connectivity index (χ2n) is 4.50. The SMILES string of the molecule is CC(CN)CCC(=O)c1ccc(F)c(C(F)(F)F)c1. The molecular weight excluding hydrogens is 262 g/mol. The van der Waals surface area contributed by atoms with Crippen LogP contribution in [0.4, 0.5) is 17.6 Å². The van der Waals surface area contributed by atoms with E-state index >= 15 is 0 Å². The number of ketones is 1. The number of benzene rings is 1. The third kappa shape index (κ3) is 4.31. The van der Waals surface area contributed by atoms with E-state index in [1.807, 2.05) is 6.92 Å². The number of carbonyl (C=O) groups excluding carboxylic acids is 1. The molecule has 0 radical (unpaired) electrons. The van der Waals surface area contributed by atoms with Crippen molar-refractivity contribution < 1.29 is 22.4 Å². The largest absolute Gasteiger partial charge is 0.419 e. The molecule has 0 heterocycles. The highest BCUT2D eigenvalue weighted by atomic mass is 19.4. The molecule has 2 N–H and O–H groups in total. The minimum absolute atomic E-state index is 0.0985. The molecule has 0 spiro atoms. The predicted molar refractivity (Wildman–Crippen MR) is 63.2 cm³/mol. The van der Waals surface area contributed by atoms with Crippen molar-refractivity contribution in [2.45, 2.75) is 25.9 Å². The van der Waals surface area contributed by atoms with Crippen LogP contribution in [0.3, 0.4) is 0 Å². The molecule has 6 heteroatoms. The quantitative estimate of drug-likeness (QED) is 0.662. The normalized spacial score (nSPS) is 13.4. The van der Waals surface area contributed by atoms with E-state index in [0.29, 0.717) is 25.1 Å². The fraction of sp³-hybridized carbons (Fsp3) is 0.462. The van der Waals surface area contributed by atoms with Crippen molar-refractivity contribution in [2.75, 3.05) is 6.54 Å². The summed E-state index contributed by atoms with van der Waals surface area (Å²) in [6.45, 7) is 2.25. The lowest BCUT2D eigenvalue weighted by Gasteiger charge is -2.10. The Bertz CT molecular complexity index is 456. The summed E-state index contributed by atoms with van der Waals surface area (Å²) in [5, 5.41) is 0. The van der Waals surface area contributed by atoms with E-state index in [9.17, 15) is 22.4 Å². The average molecular weight is 277 g/mol. The molecule has 19 heavy (non-hydrogen) atoms. The maximum atomic E-state index is 13.0. The van der Waals surface area contributed by atoms with Crippen LogP contribution in [0.5, 0.6) is 0 Å². The van der Waals surface area contributed by atoms with E-state index in [-0.39, 0.29) is 17.9 Å². The van der Waals surface area contributed by atoms with Crippen molar-refractivity contribution in [3.05, 3.63) is 35.1 Å². The number of rotatable bonds is 5. The van der Waals surface area contributed by atoms with Gasteiger partial charge in [0, 0.05) is 12.0 Å². The van der Waals surface area contributed by atoms with Gasteiger partial charge in [0.1, 0.15) is 5.82 Å². The Balaban J connectivity index is 2.87. The van der Waals surface area contributed by atoms with Gasteiger partial charge in [-0.3, -0.25) is 4.79 Å². The zero-order valence-electron chi connectivity index (χ0n) is 10.4. The van der Waals surface area contributed by atoms with Crippen LogP contribution in [0.1, 0.15) is 35.7 Å². The number of nitrogens with two attached hydrogens (primary N) is 1. The van der Waals surface area contributed by atoms with Crippen LogP contribution in [-0.4, -0.2) is 12.3 Å². The van der Waals surface area contributed by atoms with Crippen molar-refractivity contribution in [1.82, 2.24) is 0 Å². The fourth-order valence-electron chi connectivity index (χ4n) is 1.56. The molecule has 1 rings (SSSR count). The van der Waals surface area contributed by atoms with Gasteiger partial charge in [0.15, 0.2) is 5.78 Å². The van der Waals surface area contributed by atoms with Crippen LogP contribution in [0.2, 0.25) is 0 Å². The van der Waals surface area contributed by atoms with Gasteiger partial charge < -0.3 is 5.73 Å². The molecule has 0 amide bonds. The standard InChI is InChI=1S/C13H15F4NO/c1-8(7-18)2-5-12(19)9-3-4-11(14)10(6-9)13(15,16)17/h3-4,6,8H,2,5,7,18H2,1H3. The van der Waals surface area contributed by atoms with Crippen LogP contribution < -0.4 is 5.73 Å². The van der Waals surface area contributed by atoms with Gasteiger partial charge in [0.2, 0.25) is 0 Å². The van der Waals surface area contributed by atoms with E-state index in [2.05, 4.69) is 0 Å². The molecule has 2 nitrogen and oxygen atoms in total. The lowest BCUT2D eigenvalue weighted by Crippen LogP contribution is -2.13. The second-order valence-corrected chi connectivity index (χ2v) is 4.50. The molecule has 106 valence electrons. The summed E-state index contributed by atoms with van der Waals surface area (Å²) in [6, 6.07) is 2.30. The van der Waals surface area contributed by atoms with Gasteiger partial charge in [-0.1, -0.05) is 6.92 Å². The molecule has 0 aliphatic rings. The Kier molecular flexibility index (Phi) is 5.05. The Hall–Kier alpha value is -1.43. The summed E-state index contributed by atoms with van der Waals surface area (Å²) in [5.74, 6) is -1.70. The molecule has 0 fully saturated rings. The van der Waals surface area contributed by atoms with Crippen molar-refractivity contribution in [3.8, 4) is 0 Å². The topological polar surface area (TPSA) is 43.1 Å². The number of alkyl halides is 3. The molecular formula is C13H15F4NO. The molecule has 0 saturated heterocycles. The zero-order chi connectivity index (χ0) is 14.6. The first-order valence-corrected chi connectivity index (χ1v) is 5.85. The highest BCUT2D eigenvalue weighted by molar-refractivity contribution is 5.96. The minimum atomic E-state index is -4.80. The van der Waals surface area contributed by atoms with Gasteiger partial charge in [-0.2, -0.15) is 13.2 Å². The molecule has 0 aliphatic heterocycles. The molecule has 1 unspecified atom stereocenters. The van der Waals surface area contributed by atoms with Gasteiger partial charge in [0.25, 0.3) is 0 Å². The summed E-state index contributed by atoms with van der Waals surface area (Å²) in [6.07, 6.45) is -4.21. The summed E-state index contributed by atoms with van der Waals surface area (Å²) < 4.78 is 50.5. The molecule has 1 atom stereocenters. The van der Waals surface area contributed by atoms with Crippen LogP contribution in [0.15, 0.2) is 18.2 Å². The molecule has 0 aliphatic carbocycles. The molecule has 0 aromatic heterocycles. The maximum Gasteiger partial charge on any atom is 0.419 e. The van der Waals surface area contributed by atoms with Gasteiger partial charge in [-0.15, -0.1) is 0 Å². The number of hydrogen-bond donors (Lipinski definition) is 1. The van der Waals surface area contributed by atoms with E-state index < -0.39 is 23.3 Å². The molecule has 0 bridgehead atoms. The Morgan fingerprint density at radius 3 is 2.53 bits per heavy atom. The van der Waals surface area contributed by atoms with E-state index in [4.69, 9.17) is 5.73 Å². The molecule has 1 aromatic rings. The van der Waals surface area contributed by atoms with E-state index in [1.54, 1.807) is 0 Å². The van der Waals surface area contributed by atoms with Crippen molar-refractivity contribution in [2.24, 2.45) is 11.7 Å². The van der Waals surface area contributed by atoms with Gasteiger partial charge >= 0.3 is 6.18 Å². The van der Waals surface area contributed by atoms with Crippen molar-refractivity contribution >= 4 is 5.78 Å². The Morgan fingerprint density at radius 1 is 1.37 bits per heavy atom. The lowest BCUT2D eigenvalue weighted by atomic mass is 9.99. The number of hydrogen-bond acceptors (Lipinski definition) is 2. The monoisotopic (exact) mass is 277 g/mol. The first kappa shape index (κ1) is 15.6. The summed E-state index contributed by atoms with van der Waals surface area (Å²) in [4.78, 5) is 11.7. The fourth-order valence-corrected chi connectivity index (χ4v) is 1.56. The predicted octanol–water partition coefficient (Wildman–Crippen LogP) is 3.40. The van der Waals surface area contributed by atoms with Crippen LogP contribution in [-0.2, 0) is 6.18 Å². The van der Waals surface area contributed by atoms with Crippen molar-refractivity contribution in [1.29, 1.82) is 0 Å². The number of carbonyl (C=O) groups is 1. The van der Waals surface area contributed by atoms with E-state index in [1.165, 1.54) is 0 Å². The maximum absolute atomic E-state index is 13.0. The van der Waals surface area contributed by atoms with Gasteiger partial charge in [0.05, 0.1) is 5.56 Å². The first-order chi connectivity index (χ1) is 8.75. The smallest absolute Gasteiger partial charge is 0.330 e. The van der Waals surface area contributed by atoms with Crippen LogP contribution >= 0.6 is 0 Å². The third-order valence-corrected chi connectivity index (χ3v) is 2.86. The van der Waals surface area contributed by atoms with E-state index in [0.717, 1.165) is 6.07 Å². The molecule has 0 saturated carbocycles. The summed E-state index contributed by atoms with van der Waals surface area (Å²) in [5.41, 5.74) is 3.85. The Labute approximate surface area is 108 Å². The van der Waals surface area contributed by atoms with Crippen molar-refractivity contribution in [3.63, 3.8) is 0 Å². The third-order valence-electron chi connectivity index (χ3n) is 2.86. The first-order valence-electron chi connectivity index (χ1n) is 5.85.